The number of carbonyl (C=O) groups excluding carboxylic acids is 4. The molecular weight excluding hydrogens is 1090 g/mol. The molecule has 0 rings (SSSR count). The number of esters is 4. The van der Waals surface area contributed by atoms with Crippen LogP contribution in [0.3, 0.4) is 0 Å². The van der Waals surface area contributed by atoms with Crippen molar-refractivity contribution in [2.24, 2.45) is 11.8 Å². The average molecular weight is 1210 g/mol. The van der Waals surface area contributed by atoms with E-state index in [1.807, 2.05) is 0 Å². The van der Waals surface area contributed by atoms with Crippen LogP contribution < -0.4 is 0 Å². The van der Waals surface area contributed by atoms with E-state index in [-0.39, 0.29) is 25.7 Å². The number of aliphatic hydroxyl groups is 1. The molecular formula is C63H122O17P2. The van der Waals surface area contributed by atoms with Crippen molar-refractivity contribution in [3.8, 4) is 0 Å². The number of aliphatic hydroxyl groups excluding tert-OH is 1. The molecule has 19 heteroatoms. The Morgan fingerprint density at radius 2 is 0.622 bits per heavy atom. The first-order valence-electron chi connectivity index (χ1n) is 33.0. The molecule has 0 aliphatic rings. The Hall–Kier alpha value is -1.94. The molecule has 0 heterocycles. The van der Waals surface area contributed by atoms with Gasteiger partial charge in [0.1, 0.15) is 19.3 Å². The Labute approximate surface area is 498 Å². The van der Waals surface area contributed by atoms with Gasteiger partial charge >= 0.3 is 39.5 Å². The molecule has 0 spiro atoms. The van der Waals surface area contributed by atoms with Crippen molar-refractivity contribution in [3.63, 3.8) is 0 Å². The smallest absolute Gasteiger partial charge is 0.462 e. The van der Waals surface area contributed by atoms with Gasteiger partial charge in [-0.2, -0.15) is 0 Å². The van der Waals surface area contributed by atoms with Crippen LogP contribution in [0.1, 0.15) is 311 Å². The number of ether oxygens (including phenoxy) is 4. The summed E-state index contributed by atoms with van der Waals surface area (Å²) in [6, 6.07) is 0. The van der Waals surface area contributed by atoms with Crippen molar-refractivity contribution in [3.05, 3.63) is 0 Å². The van der Waals surface area contributed by atoms with Crippen LogP contribution in [0.25, 0.3) is 0 Å². The van der Waals surface area contributed by atoms with Gasteiger partial charge in [-0.15, -0.1) is 0 Å². The monoisotopic (exact) mass is 1210 g/mol. The van der Waals surface area contributed by atoms with E-state index in [1.54, 1.807) is 0 Å². The first-order valence-corrected chi connectivity index (χ1v) is 36.0. The Morgan fingerprint density at radius 3 is 0.927 bits per heavy atom. The second kappa shape index (κ2) is 55.6. The van der Waals surface area contributed by atoms with Crippen LogP contribution in [-0.4, -0.2) is 96.7 Å². The molecule has 0 saturated carbocycles. The molecule has 0 aromatic rings. The van der Waals surface area contributed by atoms with Crippen LogP contribution in [0, 0.1) is 11.8 Å². The van der Waals surface area contributed by atoms with Gasteiger partial charge in [-0.3, -0.25) is 37.3 Å². The van der Waals surface area contributed by atoms with Crippen LogP contribution in [0.15, 0.2) is 0 Å². The van der Waals surface area contributed by atoms with E-state index in [9.17, 15) is 43.2 Å². The van der Waals surface area contributed by atoms with E-state index in [2.05, 4.69) is 41.5 Å². The van der Waals surface area contributed by atoms with Gasteiger partial charge in [0.25, 0.3) is 0 Å². The fourth-order valence-electron chi connectivity index (χ4n) is 9.32. The van der Waals surface area contributed by atoms with Crippen LogP contribution in [0.5, 0.6) is 0 Å². The third-order valence-corrected chi connectivity index (χ3v) is 16.7. The third kappa shape index (κ3) is 55.9. The maximum atomic E-state index is 13.0. The SMILES string of the molecule is CCCCCCCCCCC(=O)O[C@H](COC(=O)CCCCCCCCC)COP(=O)(O)OC[C@H](O)COP(=O)(O)OC[C@@H](COC(=O)CCCCCCCCC(C)C)OC(=O)CCCCCCCCCCCCCCCCC(C)CC. The number of phosphoric ester groups is 2. The van der Waals surface area contributed by atoms with Crippen molar-refractivity contribution >= 4 is 39.5 Å². The van der Waals surface area contributed by atoms with Gasteiger partial charge in [-0.1, -0.05) is 260 Å². The molecule has 0 aromatic carbocycles. The zero-order valence-corrected chi connectivity index (χ0v) is 54.6. The highest BCUT2D eigenvalue weighted by Crippen LogP contribution is 2.45. The van der Waals surface area contributed by atoms with Crippen LogP contribution in [-0.2, 0) is 65.4 Å². The minimum absolute atomic E-state index is 0.104. The average Bonchev–Trinajstić information content (AvgIpc) is 3.46. The van der Waals surface area contributed by atoms with Crippen molar-refractivity contribution in [1.82, 2.24) is 0 Å². The van der Waals surface area contributed by atoms with E-state index in [0.29, 0.717) is 31.6 Å². The molecule has 6 atom stereocenters. The Bertz CT molecular complexity index is 1620. The molecule has 0 saturated heterocycles. The molecule has 0 aromatic heterocycles. The predicted octanol–water partition coefficient (Wildman–Crippen LogP) is 17.3. The molecule has 0 amide bonds. The van der Waals surface area contributed by atoms with Gasteiger partial charge in [0, 0.05) is 25.7 Å². The molecule has 17 nitrogen and oxygen atoms in total. The van der Waals surface area contributed by atoms with E-state index < -0.39 is 97.5 Å². The lowest BCUT2D eigenvalue weighted by atomic mass is 9.99. The van der Waals surface area contributed by atoms with Crippen molar-refractivity contribution < 1.29 is 80.2 Å². The summed E-state index contributed by atoms with van der Waals surface area (Å²) in [5.41, 5.74) is 0. The molecule has 3 N–H and O–H groups in total. The Kier molecular flexibility index (Phi) is 54.3. The molecule has 0 aliphatic carbocycles. The fraction of sp³-hybridized carbons (Fsp3) is 0.937. The minimum Gasteiger partial charge on any atom is -0.462 e. The zero-order chi connectivity index (χ0) is 60.8. The number of rotatable bonds is 62. The van der Waals surface area contributed by atoms with E-state index >= 15 is 0 Å². The normalized spacial score (nSPS) is 14.7. The van der Waals surface area contributed by atoms with Gasteiger partial charge in [0.05, 0.1) is 26.4 Å². The van der Waals surface area contributed by atoms with E-state index in [0.717, 1.165) is 121 Å². The molecule has 0 radical (unpaired) electrons. The van der Waals surface area contributed by atoms with Gasteiger partial charge in [-0.25, -0.2) is 9.13 Å². The molecule has 82 heavy (non-hydrogen) atoms. The first kappa shape index (κ1) is 80.1. The topological polar surface area (TPSA) is 237 Å². The maximum absolute atomic E-state index is 13.0. The number of unbranched alkanes of at least 4 members (excludes halogenated alkanes) is 31. The lowest BCUT2D eigenvalue weighted by Gasteiger charge is -2.21. The number of carbonyl (C=O) groups is 4. The van der Waals surface area contributed by atoms with Gasteiger partial charge in [0.2, 0.25) is 0 Å². The van der Waals surface area contributed by atoms with Crippen LogP contribution in [0.4, 0.5) is 0 Å². The number of hydrogen-bond donors (Lipinski definition) is 3. The highest BCUT2D eigenvalue weighted by molar-refractivity contribution is 7.47. The molecule has 3 unspecified atom stereocenters. The Morgan fingerprint density at radius 1 is 0.354 bits per heavy atom. The standard InChI is InChI=1S/C63H122O17P2/c1-7-10-12-14-16-27-35-41-47-62(67)79-58(51-73-60(65)45-39-33-25-15-13-11-8-2)53-77-81(69,70)75-49-57(64)50-76-82(71,72)78-54-59(52-74-61(66)46-40-34-30-29-31-37-43-55(4)5)80-63(68)48-42-36-28-24-22-20-18-17-19-21-23-26-32-38-44-56(6)9-3/h55-59,64H,7-54H2,1-6H3,(H,69,70)(H,71,72)/t56?,57-,58+,59+/m0/s1. The summed E-state index contributed by atoms with van der Waals surface area (Å²) >= 11 is 0. The quantitative estimate of drug-likeness (QED) is 0.0222. The van der Waals surface area contributed by atoms with Gasteiger partial charge < -0.3 is 33.8 Å². The first-order chi connectivity index (χ1) is 39.4. The lowest BCUT2D eigenvalue weighted by Crippen LogP contribution is -2.30. The minimum atomic E-state index is -4.94. The summed E-state index contributed by atoms with van der Waals surface area (Å²) in [6.45, 7) is 9.39. The molecule has 486 valence electrons. The van der Waals surface area contributed by atoms with Gasteiger partial charge in [-0.05, 0) is 37.5 Å². The zero-order valence-electron chi connectivity index (χ0n) is 52.8. The summed E-state index contributed by atoms with van der Waals surface area (Å²) in [5, 5.41) is 10.5. The summed E-state index contributed by atoms with van der Waals surface area (Å²) in [5.74, 6) is -0.619. The molecule has 0 bridgehead atoms. The summed E-state index contributed by atoms with van der Waals surface area (Å²) in [4.78, 5) is 71.9. The van der Waals surface area contributed by atoms with Crippen molar-refractivity contribution in [2.75, 3.05) is 39.6 Å². The second-order valence-corrected chi connectivity index (χ2v) is 26.4. The van der Waals surface area contributed by atoms with E-state index in [4.69, 9.17) is 37.0 Å². The second-order valence-electron chi connectivity index (χ2n) is 23.5. The van der Waals surface area contributed by atoms with Crippen LogP contribution in [0.2, 0.25) is 0 Å². The maximum Gasteiger partial charge on any atom is 0.472 e. The predicted molar refractivity (Wildman–Crippen MR) is 326 cm³/mol. The van der Waals surface area contributed by atoms with Crippen molar-refractivity contribution in [2.45, 2.75) is 330 Å². The molecule has 0 aliphatic heterocycles. The summed E-state index contributed by atoms with van der Waals surface area (Å²) < 4.78 is 67.7. The highest BCUT2D eigenvalue weighted by atomic mass is 31.2. The van der Waals surface area contributed by atoms with Crippen molar-refractivity contribution in [1.29, 1.82) is 0 Å². The van der Waals surface area contributed by atoms with Gasteiger partial charge in [0.15, 0.2) is 12.2 Å². The lowest BCUT2D eigenvalue weighted by molar-refractivity contribution is -0.161. The van der Waals surface area contributed by atoms with Crippen LogP contribution >= 0.6 is 15.6 Å². The summed E-state index contributed by atoms with van der Waals surface area (Å²) in [6.07, 6.45) is 37.9. The largest absolute Gasteiger partial charge is 0.472 e. The Balaban J connectivity index is 5.14. The number of hydrogen-bond acceptors (Lipinski definition) is 15. The summed E-state index contributed by atoms with van der Waals surface area (Å²) in [7, 11) is -9.88. The van der Waals surface area contributed by atoms with E-state index in [1.165, 1.54) is 103 Å². The molecule has 0 fully saturated rings. The number of phosphoric acid groups is 2. The third-order valence-electron chi connectivity index (χ3n) is 14.8. The highest BCUT2D eigenvalue weighted by Gasteiger charge is 2.30. The fourth-order valence-corrected chi connectivity index (χ4v) is 10.9.